The zero-order chi connectivity index (χ0) is 14.7. The summed E-state index contributed by atoms with van der Waals surface area (Å²) in [6.07, 6.45) is 2.76. The minimum atomic E-state index is 0.356. The second-order valence-corrected chi connectivity index (χ2v) is 5.05. The van der Waals surface area contributed by atoms with Gasteiger partial charge in [-0.05, 0) is 25.0 Å². The SMILES string of the molecule is CCc1cccnc1CNc1c(C(N)=S)c(C)nn1C. The fraction of sp³-hybridized carbons (Fsp3) is 0.357. The highest BCUT2D eigenvalue weighted by Crippen LogP contribution is 2.19. The van der Waals surface area contributed by atoms with Crippen LogP contribution in [0.2, 0.25) is 0 Å². The van der Waals surface area contributed by atoms with E-state index in [9.17, 15) is 0 Å². The lowest BCUT2D eigenvalue weighted by atomic mass is 10.1. The summed E-state index contributed by atoms with van der Waals surface area (Å²) in [7, 11) is 1.87. The molecule has 2 aromatic heterocycles. The predicted octanol–water partition coefficient (Wildman–Crippen LogP) is 1.93. The third kappa shape index (κ3) is 2.80. The minimum absolute atomic E-state index is 0.356. The fourth-order valence-corrected chi connectivity index (χ4v) is 2.52. The molecule has 0 aliphatic heterocycles. The molecular weight excluding hydrogens is 270 g/mol. The summed E-state index contributed by atoms with van der Waals surface area (Å²) in [5.41, 5.74) is 9.67. The zero-order valence-electron chi connectivity index (χ0n) is 12.0. The maximum Gasteiger partial charge on any atom is 0.134 e. The molecule has 2 heterocycles. The number of anilines is 1. The number of hydrogen-bond acceptors (Lipinski definition) is 4. The number of rotatable bonds is 5. The van der Waals surface area contributed by atoms with Gasteiger partial charge in [0.05, 0.1) is 23.5 Å². The van der Waals surface area contributed by atoms with Gasteiger partial charge >= 0.3 is 0 Å². The van der Waals surface area contributed by atoms with E-state index in [1.165, 1.54) is 5.56 Å². The third-order valence-electron chi connectivity index (χ3n) is 3.26. The fourth-order valence-electron chi connectivity index (χ4n) is 2.28. The van der Waals surface area contributed by atoms with Gasteiger partial charge in [0, 0.05) is 13.2 Å². The average molecular weight is 289 g/mol. The largest absolute Gasteiger partial charge is 0.389 e. The molecule has 0 amide bonds. The second kappa shape index (κ2) is 6.00. The number of aromatic nitrogens is 3. The first-order valence-corrected chi connectivity index (χ1v) is 6.95. The number of nitrogens with two attached hydrogens (primary N) is 1. The lowest BCUT2D eigenvalue weighted by Gasteiger charge is -2.11. The van der Waals surface area contributed by atoms with E-state index in [1.807, 2.05) is 20.0 Å². The monoisotopic (exact) mass is 289 g/mol. The second-order valence-electron chi connectivity index (χ2n) is 4.61. The van der Waals surface area contributed by atoms with Gasteiger partial charge in [0.15, 0.2) is 0 Å². The van der Waals surface area contributed by atoms with Crippen molar-refractivity contribution in [3.63, 3.8) is 0 Å². The molecule has 0 saturated carbocycles. The smallest absolute Gasteiger partial charge is 0.134 e. The Balaban J connectivity index is 2.25. The van der Waals surface area contributed by atoms with E-state index >= 15 is 0 Å². The molecule has 3 N–H and O–H groups in total. The highest BCUT2D eigenvalue weighted by molar-refractivity contribution is 7.80. The Hall–Kier alpha value is -1.95. The molecular formula is C14H19N5S. The molecule has 0 aliphatic carbocycles. The maximum atomic E-state index is 5.78. The summed E-state index contributed by atoms with van der Waals surface area (Å²) >= 11 is 5.10. The van der Waals surface area contributed by atoms with E-state index in [-0.39, 0.29) is 0 Å². The van der Waals surface area contributed by atoms with Crippen molar-refractivity contribution >= 4 is 23.0 Å². The van der Waals surface area contributed by atoms with Crippen LogP contribution in [0.3, 0.4) is 0 Å². The van der Waals surface area contributed by atoms with Crippen LogP contribution in [0.15, 0.2) is 18.3 Å². The van der Waals surface area contributed by atoms with Crippen LogP contribution in [0, 0.1) is 6.92 Å². The Bertz CT molecular complexity index is 632. The molecule has 5 nitrogen and oxygen atoms in total. The molecule has 0 saturated heterocycles. The van der Waals surface area contributed by atoms with Crippen molar-refractivity contribution in [2.24, 2.45) is 12.8 Å². The van der Waals surface area contributed by atoms with Gasteiger partial charge in [0.1, 0.15) is 10.8 Å². The molecule has 0 aromatic carbocycles. The van der Waals surface area contributed by atoms with Crippen LogP contribution in [0.1, 0.15) is 29.4 Å². The van der Waals surface area contributed by atoms with Crippen molar-refractivity contribution in [2.45, 2.75) is 26.8 Å². The molecule has 0 radical (unpaired) electrons. The molecule has 6 heteroatoms. The van der Waals surface area contributed by atoms with Crippen molar-refractivity contribution in [1.29, 1.82) is 0 Å². The Morgan fingerprint density at radius 3 is 2.90 bits per heavy atom. The average Bonchev–Trinajstić information content (AvgIpc) is 2.71. The van der Waals surface area contributed by atoms with Crippen LogP contribution >= 0.6 is 12.2 Å². The summed E-state index contributed by atoms with van der Waals surface area (Å²) in [5.74, 6) is 0.836. The van der Waals surface area contributed by atoms with Crippen molar-refractivity contribution in [3.8, 4) is 0 Å². The zero-order valence-corrected chi connectivity index (χ0v) is 12.8. The first-order chi connectivity index (χ1) is 9.54. The van der Waals surface area contributed by atoms with Crippen LogP contribution in [0.5, 0.6) is 0 Å². The standard InChI is InChI=1S/C14H19N5S/c1-4-10-6-5-7-16-11(10)8-17-14-12(13(15)20)9(2)18-19(14)3/h5-7,17H,4,8H2,1-3H3,(H2,15,20). The molecule has 0 bridgehead atoms. The van der Waals surface area contributed by atoms with E-state index in [1.54, 1.807) is 10.9 Å². The van der Waals surface area contributed by atoms with Gasteiger partial charge in [-0.1, -0.05) is 25.2 Å². The van der Waals surface area contributed by atoms with E-state index in [0.717, 1.165) is 29.2 Å². The Labute approximate surface area is 124 Å². The summed E-state index contributed by atoms with van der Waals surface area (Å²) in [5, 5.41) is 7.70. The van der Waals surface area contributed by atoms with Crippen molar-refractivity contribution < 1.29 is 0 Å². The van der Waals surface area contributed by atoms with Gasteiger partial charge in [0.25, 0.3) is 0 Å². The summed E-state index contributed by atoms with van der Waals surface area (Å²) in [6, 6.07) is 4.05. The number of thiocarbonyl (C=S) groups is 1. The molecule has 20 heavy (non-hydrogen) atoms. The first-order valence-electron chi connectivity index (χ1n) is 6.54. The Kier molecular flexibility index (Phi) is 4.34. The molecule has 0 atom stereocenters. The molecule has 2 aromatic rings. The topological polar surface area (TPSA) is 68.8 Å². The van der Waals surface area contributed by atoms with Gasteiger partial charge in [-0.15, -0.1) is 0 Å². The predicted molar refractivity (Wildman–Crippen MR) is 84.8 cm³/mol. The molecule has 0 fully saturated rings. The van der Waals surface area contributed by atoms with Crippen LogP contribution in [0.4, 0.5) is 5.82 Å². The quantitative estimate of drug-likeness (QED) is 0.823. The first kappa shape index (κ1) is 14.5. The minimum Gasteiger partial charge on any atom is -0.389 e. The Morgan fingerprint density at radius 2 is 2.25 bits per heavy atom. The molecule has 0 spiro atoms. The number of pyridine rings is 1. The lowest BCUT2D eigenvalue weighted by molar-refractivity contribution is 0.756. The third-order valence-corrected chi connectivity index (χ3v) is 3.46. The number of nitrogens with zero attached hydrogens (tertiary/aromatic N) is 3. The summed E-state index contributed by atoms with van der Waals surface area (Å²) < 4.78 is 1.76. The van der Waals surface area contributed by atoms with Gasteiger partial charge in [-0.2, -0.15) is 5.10 Å². The van der Waals surface area contributed by atoms with Gasteiger partial charge in [-0.3, -0.25) is 9.67 Å². The van der Waals surface area contributed by atoms with Gasteiger partial charge < -0.3 is 11.1 Å². The summed E-state index contributed by atoms with van der Waals surface area (Å²) in [6.45, 7) is 4.64. The summed E-state index contributed by atoms with van der Waals surface area (Å²) in [4.78, 5) is 4.78. The molecule has 106 valence electrons. The van der Waals surface area contributed by atoms with E-state index in [2.05, 4.69) is 28.4 Å². The van der Waals surface area contributed by atoms with Crippen molar-refractivity contribution in [1.82, 2.24) is 14.8 Å². The lowest BCUT2D eigenvalue weighted by Crippen LogP contribution is -2.15. The molecule has 0 unspecified atom stereocenters. The van der Waals surface area contributed by atoms with E-state index in [0.29, 0.717) is 11.5 Å². The number of nitrogens with one attached hydrogen (secondary N) is 1. The Morgan fingerprint density at radius 1 is 1.50 bits per heavy atom. The van der Waals surface area contributed by atoms with E-state index in [4.69, 9.17) is 18.0 Å². The number of hydrogen-bond donors (Lipinski definition) is 2. The van der Waals surface area contributed by atoms with E-state index < -0.39 is 0 Å². The highest BCUT2D eigenvalue weighted by atomic mass is 32.1. The van der Waals surface area contributed by atoms with Crippen molar-refractivity contribution in [3.05, 3.63) is 40.8 Å². The highest BCUT2D eigenvalue weighted by Gasteiger charge is 2.15. The van der Waals surface area contributed by atoms with Crippen molar-refractivity contribution in [2.75, 3.05) is 5.32 Å². The van der Waals surface area contributed by atoms with Crippen LogP contribution in [-0.4, -0.2) is 19.8 Å². The molecule has 0 aliphatic rings. The normalized spacial score (nSPS) is 10.6. The van der Waals surface area contributed by atoms with Gasteiger partial charge in [0.2, 0.25) is 0 Å². The maximum absolute atomic E-state index is 5.78. The molecule has 2 rings (SSSR count). The van der Waals surface area contributed by atoms with Crippen LogP contribution in [0.25, 0.3) is 0 Å². The number of aryl methyl sites for hydroxylation is 3. The van der Waals surface area contributed by atoms with Crippen LogP contribution < -0.4 is 11.1 Å². The van der Waals surface area contributed by atoms with Gasteiger partial charge in [-0.25, -0.2) is 0 Å². The van der Waals surface area contributed by atoms with Crippen LogP contribution in [-0.2, 0) is 20.0 Å².